The molecule has 2 unspecified atom stereocenters. The van der Waals surface area contributed by atoms with Crippen LogP contribution in [0.3, 0.4) is 0 Å². The maximum absolute atomic E-state index is 12.9. The Bertz CT molecular complexity index is 722. The van der Waals surface area contributed by atoms with Crippen molar-refractivity contribution >= 4 is 53.1 Å². The second kappa shape index (κ2) is 7.55. The summed E-state index contributed by atoms with van der Waals surface area (Å²) in [7, 11) is 0. The number of amides is 2. The summed E-state index contributed by atoms with van der Waals surface area (Å²) in [6.07, 6.45) is 2.67. The molecular weight excluding hydrogens is 397 g/mol. The number of carbonyl (C=O) groups is 2. The highest BCUT2D eigenvalue weighted by atomic mass is 35.5. The van der Waals surface area contributed by atoms with Gasteiger partial charge in [-0.3, -0.25) is 9.59 Å². The number of nitrogens with one attached hydrogen (secondary N) is 1. The average Bonchev–Trinajstić information content (AvgIpc) is 3.31. The molecule has 5 nitrogen and oxygen atoms in total. The van der Waals surface area contributed by atoms with Gasteiger partial charge in [0.25, 0.3) is 0 Å². The van der Waals surface area contributed by atoms with Crippen molar-refractivity contribution in [2.45, 2.75) is 19.3 Å². The van der Waals surface area contributed by atoms with Gasteiger partial charge in [-0.25, -0.2) is 0 Å². The fourth-order valence-corrected chi connectivity index (χ4v) is 4.71. The zero-order valence-electron chi connectivity index (χ0n) is 14.3. The Morgan fingerprint density at radius 2 is 2.04 bits per heavy atom. The highest BCUT2D eigenvalue weighted by Crippen LogP contribution is 2.38. The lowest BCUT2D eigenvalue weighted by atomic mass is 9.86. The maximum Gasteiger partial charge on any atom is 0.239 e. The Labute approximate surface area is 169 Å². The minimum absolute atomic E-state index is 0. The SMILES string of the molecule is Cl.O=C(C1CCN(c2cc(Cl)ccc2Cl)C1=O)N1CCC2(CCNC2)C1. The fraction of sp³-hybridized carbons (Fsp3) is 0.556. The molecule has 0 saturated carbocycles. The zero-order valence-corrected chi connectivity index (χ0v) is 16.7. The van der Waals surface area contributed by atoms with Gasteiger partial charge < -0.3 is 15.1 Å². The largest absolute Gasteiger partial charge is 0.341 e. The molecule has 3 heterocycles. The number of likely N-dealkylation sites (tertiary alicyclic amines) is 1. The second-order valence-corrected chi connectivity index (χ2v) is 8.21. The van der Waals surface area contributed by atoms with Crippen LogP contribution in [0.2, 0.25) is 10.0 Å². The van der Waals surface area contributed by atoms with Crippen LogP contribution in [0.4, 0.5) is 5.69 Å². The third-order valence-electron chi connectivity index (χ3n) is 5.78. The molecule has 1 N–H and O–H groups in total. The molecule has 4 rings (SSSR count). The van der Waals surface area contributed by atoms with Crippen LogP contribution >= 0.6 is 35.6 Å². The number of rotatable bonds is 2. The molecule has 0 radical (unpaired) electrons. The maximum atomic E-state index is 12.9. The van der Waals surface area contributed by atoms with Crippen molar-refractivity contribution in [1.82, 2.24) is 10.2 Å². The first kappa shape index (κ1) is 19.7. The molecule has 3 aliphatic rings. The van der Waals surface area contributed by atoms with Crippen molar-refractivity contribution in [3.63, 3.8) is 0 Å². The predicted octanol–water partition coefficient (Wildman–Crippen LogP) is 2.98. The van der Waals surface area contributed by atoms with E-state index in [1.165, 1.54) is 0 Å². The number of hydrogen-bond donors (Lipinski definition) is 1. The van der Waals surface area contributed by atoms with Crippen LogP contribution in [-0.4, -0.2) is 49.4 Å². The van der Waals surface area contributed by atoms with E-state index in [0.717, 1.165) is 39.0 Å². The zero-order chi connectivity index (χ0) is 17.6. The third-order valence-corrected chi connectivity index (χ3v) is 6.34. The first-order valence-corrected chi connectivity index (χ1v) is 9.51. The van der Waals surface area contributed by atoms with Gasteiger partial charge in [0, 0.05) is 36.6 Å². The summed E-state index contributed by atoms with van der Waals surface area (Å²) in [5.41, 5.74) is 0.806. The number of halogens is 3. The molecule has 0 bridgehead atoms. The molecule has 2 amide bonds. The van der Waals surface area contributed by atoms with Gasteiger partial charge in [0.05, 0.1) is 10.7 Å². The Hall–Kier alpha value is -1.01. The van der Waals surface area contributed by atoms with Crippen molar-refractivity contribution in [2.75, 3.05) is 37.6 Å². The lowest BCUT2D eigenvalue weighted by molar-refractivity contribution is -0.139. The summed E-state index contributed by atoms with van der Waals surface area (Å²) in [4.78, 5) is 29.3. The topological polar surface area (TPSA) is 52.7 Å². The molecule has 1 aromatic carbocycles. The van der Waals surface area contributed by atoms with E-state index in [4.69, 9.17) is 23.2 Å². The van der Waals surface area contributed by atoms with Gasteiger partial charge >= 0.3 is 0 Å². The molecule has 0 aromatic heterocycles. The van der Waals surface area contributed by atoms with E-state index in [9.17, 15) is 9.59 Å². The summed E-state index contributed by atoms with van der Waals surface area (Å²) < 4.78 is 0. The van der Waals surface area contributed by atoms with Crippen LogP contribution in [-0.2, 0) is 9.59 Å². The predicted molar refractivity (Wildman–Crippen MR) is 105 cm³/mol. The second-order valence-electron chi connectivity index (χ2n) is 7.36. The molecule has 3 saturated heterocycles. The fourth-order valence-electron chi connectivity index (χ4n) is 4.33. The Morgan fingerprint density at radius 1 is 1.23 bits per heavy atom. The lowest BCUT2D eigenvalue weighted by Gasteiger charge is -2.24. The molecule has 0 aliphatic carbocycles. The van der Waals surface area contributed by atoms with Crippen molar-refractivity contribution in [1.29, 1.82) is 0 Å². The smallest absolute Gasteiger partial charge is 0.239 e. The molecule has 26 heavy (non-hydrogen) atoms. The van der Waals surface area contributed by atoms with Crippen LogP contribution in [0.1, 0.15) is 19.3 Å². The van der Waals surface area contributed by atoms with Crippen molar-refractivity contribution in [3.8, 4) is 0 Å². The first-order chi connectivity index (χ1) is 12.0. The number of carbonyl (C=O) groups excluding carboxylic acids is 2. The minimum atomic E-state index is -0.598. The van der Waals surface area contributed by atoms with Crippen LogP contribution in [0.25, 0.3) is 0 Å². The number of hydrogen-bond acceptors (Lipinski definition) is 3. The van der Waals surface area contributed by atoms with E-state index < -0.39 is 5.92 Å². The molecule has 3 aliphatic heterocycles. The summed E-state index contributed by atoms with van der Waals surface area (Å²) in [5, 5.41) is 4.39. The lowest BCUT2D eigenvalue weighted by Crippen LogP contribution is -2.40. The van der Waals surface area contributed by atoms with E-state index in [2.05, 4.69) is 5.32 Å². The summed E-state index contributed by atoms with van der Waals surface area (Å²) in [6.45, 7) is 4.00. The summed E-state index contributed by atoms with van der Waals surface area (Å²) in [6, 6.07) is 5.05. The van der Waals surface area contributed by atoms with Crippen LogP contribution in [0, 0.1) is 11.3 Å². The summed E-state index contributed by atoms with van der Waals surface area (Å²) in [5.74, 6) is -0.798. The molecule has 142 valence electrons. The van der Waals surface area contributed by atoms with Crippen LogP contribution < -0.4 is 10.2 Å². The van der Waals surface area contributed by atoms with Gasteiger partial charge in [0.1, 0.15) is 5.92 Å². The molecule has 1 spiro atoms. The normalized spacial score (nSPS) is 28.1. The average molecular weight is 419 g/mol. The molecule has 3 fully saturated rings. The van der Waals surface area contributed by atoms with Crippen molar-refractivity contribution < 1.29 is 9.59 Å². The number of anilines is 1. The molecule has 1 aromatic rings. The van der Waals surface area contributed by atoms with Gasteiger partial charge in [-0.2, -0.15) is 0 Å². The Morgan fingerprint density at radius 3 is 2.77 bits per heavy atom. The minimum Gasteiger partial charge on any atom is -0.341 e. The molecule has 8 heteroatoms. The molecule has 2 atom stereocenters. The standard InChI is InChI=1S/C18H21Cl2N3O2.ClH/c19-12-1-2-14(20)15(9-12)23-7-3-13(17(23)25)16(24)22-8-5-18(11-22)4-6-21-10-18;/h1-2,9,13,21H,3-8,10-11H2;1H. The Balaban J connectivity index is 0.00000196. The van der Waals surface area contributed by atoms with Gasteiger partial charge in [-0.15, -0.1) is 12.4 Å². The van der Waals surface area contributed by atoms with Crippen molar-refractivity contribution in [2.24, 2.45) is 11.3 Å². The quantitative estimate of drug-likeness (QED) is 0.751. The van der Waals surface area contributed by atoms with E-state index in [1.54, 1.807) is 23.1 Å². The van der Waals surface area contributed by atoms with Crippen molar-refractivity contribution in [3.05, 3.63) is 28.2 Å². The van der Waals surface area contributed by atoms with Gasteiger partial charge in [0.15, 0.2) is 0 Å². The van der Waals surface area contributed by atoms with Crippen LogP contribution in [0.5, 0.6) is 0 Å². The van der Waals surface area contributed by atoms with Crippen LogP contribution in [0.15, 0.2) is 18.2 Å². The number of nitrogens with zero attached hydrogens (tertiary/aromatic N) is 2. The van der Waals surface area contributed by atoms with Gasteiger partial charge in [0.2, 0.25) is 11.8 Å². The molecular formula is C18H22Cl3N3O2. The van der Waals surface area contributed by atoms with Gasteiger partial charge in [-0.05, 0) is 44.0 Å². The summed E-state index contributed by atoms with van der Waals surface area (Å²) >= 11 is 12.3. The van der Waals surface area contributed by atoms with E-state index >= 15 is 0 Å². The Kier molecular flexibility index (Phi) is 5.73. The highest BCUT2D eigenvalue weighted by Gasteiger charge is 2.46. The van der Waals surface area contributed by atoms with E-state index in [1.807, 2.05) is 4.90 Å². The highest BCUT2D eigenvalue weighted by molar-refractivity contribution is 6.36. The number of benzene rings is 1. The monoisotopic (exact) mass is 417 g/mol. The first-order valence-electron chi connectivity index (χ1n) is 8.75. The van der Waals surface area contributed by atoms with Gasteiger partial charge in [-0.1, -0.05) is 23.2 Å². The van der Waals surface area contributed by atoms with E-state index in [0.29, 0.717) is 28.7 Å². The van der Waals surface area contributed by atoms with E-state index in [-0.39, 0.29) is 29.6 Å². The third kappa shape index (κ3) is 3.42.